The molecule has 150 valence electrons. The molecular formula is C26H21N3P2. The molecule has 5 rings (SSSR count). The molecule has 0 saturated carbocycles. The number of aromatic amines is 1. The van der Waals surface area contributed by atoms with Crippen molar-refractivity contribution in [3.05, 3.63) is 121 Å². The summed E-state index contributed by atoms with van der Waals surface area (Å²) in [6, 6.07) is 42.7. The lowest BCUT2D eigenvalue weighted by molar-refractivity contribution is 0.955. The zero-order valence-electron chi connectivity index (χ0n) is 16.8. The largest absolute Gasteiger partial charge is 0.197 e. The molecule has 31 heavy (non-hydrogen) atoms. The van der Waals surface area contributed by atoms with Crippen LogP contribution in [0.25, 0.3) is 0 Å². The van der Waals surface area contributed by atoms with Crippen LogP contribution in [-0.2, 0) is 0 Å². The second kappa shape index (κ2) is 9.35. The van der Waals surface area contributed by atoms with Gasteiger partial charge in [-0.15, -0.1) is 0 Å². The Hall–Kier alpha value is -3.12. The van der Waals surface area contributed by atoms with Gasteiger partial charge in [0.1, 0.15) is 10.9 Å². The summed E-state index contributed by atoms with van der Waals surface area (Å²) in [4.78, 5) is 0. The summed E-state index contributed by atoms with van der Waals surface area (Å²) in [6.07, 6.45) is 0. The Morgan fingerprint density at radius 2 is 0.645 bits per heavy atom. The first-order valence-electron chi connectivity index (χ1n) is 10.1. The summed E-state index contributed by atoms with van der Waals surface area (Å²) in [7, 11) is -1.66. The van der Waals surface area contributed by atoms with Gasteiger partial charge in [0.15, 0.2) is 0 Å². The van der Waals surface area contributed by atoms with Gasteiger partial charge in [-0.05, 0) is 21.2 Å². The summed E-state index contributed by atoms with van der Waals surface area (Å²) in [5.74, 6) is 0. The third kappa shape index (κ3) is 4.21. The van der Waals surface area contributed by atoms with E-state index in [9.17, 15) is 0 Å². The van der Waals surface area contributed by atoms with Crippen LogP contribution in [0.2, 0.25) is 0 Å². The van der Waals surface area contributed by atoms with Gasteiger partial charge in [-0.2, -0.15) is 15.4 Å². The van der Waals surface area contributed by atoms with Crippen molar-refractivity contribution in [2.45, 2.75) is 0 Å². The predicted octanol–water partition coefficient (Wildman–Crippen LogP) is 3.32. The van der Waals surface area contributed by atoms with Crippen molar-refractivity contribution in [1.29, 1.82) is 0 Å². The first-order valence-corrected chi connectivity index (χ1v) is 12.8. The number of nitrogens with one attached hydrogen (secondary N) is 1. The lowest BCUT2D eigenvalue weighted by Crippen LogP contribution is -2.35. The van der Waals surface area contributed by atoms with Crippen LogP contribution in [0.15, 0.2) is 121 Å². The molecule has 0 amide bonds. The second-order valence-electron chi connectivity index (χ2n) is 6.98. The van der Waals surface area contributed by atoms with Crippen molar-refractivity contribution in [2.75, 3.05) is 0 Å². The maximum Gasteiger partial charge on any atom is 0.122 e. The highest BCUT2D eigenvalue weighted by molar-refractivity contribution is 7.85. The van der Waals surface area contributed by atoms with Crippen LogP contribution in [0.1, 0.15) is 0 Å². The molecule has 0 spiro atoms. The van der Waals surface area contributed by atoms with Gasteiger partial charge in [-0.25, -0.2) is 0 Å². The fourth-order valence-corrected chi connectivity index (χ4v) is 8.46. The van der Waals surface area contributed by atoms with E-state index in [0.29, 0.717) is 0 Å². The number of nitrogens with zero attached hydrogens (tertiary/aromatic N) is 2. The van der Waals surface area contributed by atoms with Crippen LogP contribution < -0.4 is 32.1 Å². The Labute approximate surface area is 184 Å². The van der Waals surface area contributed by atoms with Crippen molar-refractivity contribution < 1.29 is 0 Å². The molecule has 0 atom stereocenters. The average molecular weight is 437 g/mol. The van der Waals surface area contributed by atoms with Gasteiger partial charge in [0.25, 0.3) is 0 Å². The molecule has 0 aliphatic rings. The molecule has 3 nitrogen and oxygen atoms in total. The zero-order chi connectivity index (χ0) is 20.9. The third-order valence-electron chi connectivity index (χ3n) is 4.99. The SMILES string of the molecule is c1ccc(P(c2ccccc2)c2n[nH]nc2P(c2ccccc2)c2ccccc2)cc1. The molecule has 0 saturated heterocycles. The first kappa shape index (κ1) is 19.8. The Morgan fingerprint density at radius 3 is 0.903 bits per heavy atom. The van der Waals surface area contributed by atoms with Crippen LogP contribution in [0.4, 0.5) is 0 Å². The summed E-state index contributed by atoms with van der Waals surface area (Å²) >= 11 is 0. The van der Waals surface area contributed by atoms with Gasteiger partial charge in [0.2, 0.25) is 0 Å². The van der Waals surface area contributed by atoms with E-state index in [0.717, 1.165) is 10.9 Å². The topological polar surface area (TPSA) is 41.6 Å². The summed E-state index contributed by atoms with van der Waals surface area (Å²) < 4.78 is 0. The normalized spacial score (nSPS) is 11.2. The smallest absolute Gasteiger partial charge is 0.122 e. The van der Waals surface area contributed by atoms with Gasteiger partial charge in [-0.3, -0.25) is 0 Å². The Morgan fingerprint density at radius 1 is 0.387 bits per heavy atom. The van der Waals surface area contributed by atoms with Crippen molar-refractivity contribution >= 4 is 47.9 Å². The fourth-order valence-electron chi connectivity index (χ4n) is 3.62. The van der Waals surface area contributed by atoms with Crippen LogP contribution in [0.5, 0.6) is 0 Å². The lowest BCUT2D eigenvalue weighted by Gasteiger charge is -2.22. The highest BCUT2D eigenvalue weighted by Gasteiger charge is 2.29. The molecule has 0 radical (unpaired) electrons. The van der Waals surface area contributed by atoms with Gasteiger partial charge in [0, 0.05) is 15.8 Å². The van der Waals surface area contributed by atoms with Crippen LogP contribution in [0.3, 0.4) is 0 Å². The molecular weight excluding hydrogens is 416 g/mol. The number of aromatic nitrogens is 3. The summed E-state index contributed by atoms with van der Waals surface area (Å²) in [5.41, 5.74) is 2.09. The summed E-state index contributed by atoms with van der Waals surface area (Å²) in [6.45, 7) is 0. The quantitative estimate of drug-likeness (QED) is 0.414. The van der Waals surface area contributed by atoms with Gasteiger partial charge >= 0.3 is 0 Å². The number of rotatable bonds is 6. The fraction of sp³-hybridized carbons (Fsp3) is 0. The molecule has 1 N–H and O–H groups in total. The van der Waals surface area contributed by atoms with Crippen LogP contribution >= 0.6 is 15.8 Å². The van der Waals surface area contributed by atoms with E-state index in [2.05, 4.69) is 127 Å². The van der Waals surface area contributed by atoms with Crippen LogP contribution in [0, 0.1) is 0 Å². The van der Waals surface area contributed by atoms with Crippen LogP contribution in [-0.4, -0.2) is 15.4 Å². The van der Waals surface area contributed by atoms with Gasteiger partial charge in [0.05, 0.1) is 0 Å². The van der Waals surface area contributed by atoms with Crippen molar-refractivity contribution in [1.82, 2.24) is 15.4 Å². The molecule has 0 aliphatic heterocycles. The zero-order valence-corrected chi connectivity index (χ0v) is 18.6. The van der Waals surface area contributed by atoms with Crippen molar-refractivity contribution in [2.24, 2.45) is 0 Å². The lowest BCUT2D eigenvalue weighted by atomic mass is 10.4. The van der Waals surface area contributed by atoms with E-state index in [4.69, 9.17) is 10.2 Å². The van der Waals surface area contributed by atoms with Crippen molar-refractivity contribution in [3.63, 3.8) is 0 Å². The van der Waals surface area contributed by atoms with Gasteiger partial charge < -0.3 is 0 Å². The Balaban J connectivity index is 1.71. The van der Waals surface area contributed by atoms with E-state index in [1.54, 1.807) is 0 Å². The third-order valence-corrected chi connectivity index (χ3v) is 9.90. The molecule has 0 unspecified atom stereocenters. The highest BCUT2D eigenvalue weighted by atomic mass is 31.1. The molecule has 5 heteroatoms. The molecule has 0 fully saturated rings. The molecule has 1 heterocycles. The predicted molar refractivity (Wildman–Crippen MR) is 134 cm³/mol. The van der Waals surface area contributed by atoms with E-state index >= 15 is 0 Å². The number of benzene rings is 4. The monoisotopic (exact) mass is 437 g/mol. The van der Waals surface area contributed by atoms with E-state index < -0.39 is 15.8 Å². The highest BCUT2D eigenvalue weighted by Crippen LogP contribution is 2.37. The Kier molecular flexibility index (Phi) is 5.98. The molecule has 0 aliphatic carbocycles. The first-order chi connectivity index (χ1) is 15.4. The Bertz CT molecular complexity index is 1050. The van der Waals surface area contributed by atoms with E-state index in [1.165, 1.54) is 21.2 Å². The molecule has 1 aromatic heterocycles. The van der Waals surface area contributed by atoms with E-state index in [1.807, 2.05) is 0 Å². The molecule has 0 bridgehead atoms. The second-order valence-corrected chi connectivity index (χ2v) is 11.2. The number of H-pyrrole nitrogens is 1. The standard InChI is InChI=1S/C26H21N3P2/c1-5-13-21(14-6-1)30(22-15-7-2-8-16-22)25-26(28-29-27-25)31(23-17-9-3-10-18-23)24-19-11-4-12-20-24/h1-20H,(H,27,28,29). The average Bonchev–Trinajstić information content (AvgIpc) is 3.31. The van der Waals surface area contributed by atoms with E-state index in [-0.39, 0.29) is 0 Å². The van der Waals surface area contributed by atoms with Crippen molar-refractivity contribution in [3.8, 4) is 0 Å². The minimum absolute atomic E-state index is 0.832. The van der Waals surface area contributed by atoms with Gasteiger partial charge in [-0.1, -0.05) is 121 Å². The summed E-state index contributed by atoms with van der Waals surface area (Å²) in [5, 5.41) is 17.6. The minimum Gasteiger partial charge on any atom is -0.197 e. The number of hydrogen-bond acceptors (Lipinski definition) is 2. The maximum atomic E-state index is 4.75. The molecule has 4 aromatic carbocycles. The number of hydrogen-bond donors (Lipinski definition) is 1. The maximum absolute atomic E-state index is 4.75. The molecule has 5 aromatic rings. The minimum atomic E-state index is -0.832.